The standard InChI is InChI=1S/C16H18BrNO2S/c1-11-5-3-4-6-13(11)18(10-9-16(19)20)12(2)14-7-8-15(17)21-14/h3-8,12H,9-10H2,1-2H3,(H,19,20). The molecular formula is C16H18BrNO2S. The maximum absolute atomic E-state index is 11.0. The van der Waals surface area contributed by atoms with Gasteiger partial charge in [0.1, 0.15) is 0 Å². The summed E-state index contributed by atoms with van der Waals surface area (Å²) in [6.45, 7) is 4.67. The fraction of sp³-hybridized carbons (Fsp3) is 0.312. The van der Waals surface area contributed by atoms with E-state index in [1.807, 2.05) is 18.2 Å². The zero-order valence-corrected chi connectivity index (χ0v) is 14.4. The van der Waals surface area contributed by atoms with Crippen molar-refractivity contribution < 1.29 is 9.90 Å². The van der Waals surface area contributed by atoms with E-state index in [4.69, 9.17) is 5.11 Å². The summed E-state index contributed by atoms with van der Waals surface area (Å²) in [5.41, 5.74) is 2.25. The second-order valence-electron chi connectivity index (χ2n) is 4.94. The lowest BCUT2D eigenvalue weighted by atomic mass is 10.1. The fourth-order valence-electron chi connectivity index (χ4n) is 2.33. The molecule has 2 rings (SSSR count). The molecule has 0 fully saturated rings. The number of halogens is 1. The minimum atomic E-state index is -0.770. The van der Waals surface area contributed by atoms with Crippen molar-refractivity contribution >= 4 is 38.9 Å². The predicted octanol–water partition coefficient (Wildman–Crippen LogP) is 4.86. The Labute approximate surface area is 137 Å². The van der Waals surface area contributed by atoms with Crippen LogP contribution in [-0.4, -0.2) is 17.6 Å². The van der Waals surface area contributed by atoms with Crippen LogP contribution in [0.1, 0.15) is 29.8 Å². The van der Waals surface area contributed by atoms with Crippen molar-refractivity contribution in [3.05, 3.63) is 50.6 Å². The fourth-order valence-corrected chi connectivity index (χ4v) is 3.82. The second kappa shape index (κ2) is 7.09. The first-order valence-electron chi connectivity index (χ1n) is 6.78. The van der Waals surface area contributed by atoms with E-state index in [0.717, 1.165) is 15.0 Å². The number of aliphatic carboxylic acids is 1. The van der Waals surface area contributed by atoms with Crippen molar-refractivity contribution in [2.45, 2.75) is 26.3 Å². The highest BCUT2D eigenvalue weighted by atomic mass is 79.9. The number of rotatable bonds is 6. The molecule has 0 aliphatic heterocycles. The van der Waals surface area contributed by atoms with Gasteiger partial charge >= 0.3 is 5.97 Å². The number of nitrogens with zero attached hydrogens (tertiary/aromatic N) is 1. The summed E-state index contributed by atoms with van der Waals surface area (Å²) in [5.74, 6) is -0.770. The van der Waals surface area contributed by atoms with Gasteiger partial charge in [-0.25, -0.2) is 0 Å². The van der Waals surface area contributed by atoms with E-state index in [9.17, 15) is 4.79 Å². The number of anilines is 1. The largest absolute Gasteiger partial charge is 0.481 e. The Balaban J connectivity index is 2.31. The summed E-state index contributed by atoms with van der Waals surface area (Å²) in [6, 6.07) is 12.4. The van der Waals surface area contributed by atoms with Crippen molar-refractivity contribution in [3.8, 4) is 0 Å². The maximum atomic E-state index is 11.0. The number of hydrogen-bond acceptors (Lipinski definition) is 3. The van der Waals surface area contributed by atoms with Gasteiger partial charge in [-0.3, -0.25) is 4.79 Å². The molecule has 1 atom stereocenters. The number of carboxylic acid groups (broad SMARTS) is 1. The molecule has 0 radical (unpaired) electrons. The Morgan fingerprint density at radius 1 is 1.33 bits per heavy atom. The number of hydrogen-bond donors (Lipinski definition) is 1. The number of aryl methyl sites for hydroxylation is 1. The monoisotopic (exact) mass is 367 g/mol. The average molecular weight is 368 g/mol. The molecular weight excluding hydrogens is 350 g/mol. The molecule has 1 aromatic heterocycles. The highest BCUT2D eigenvalue weighted by Gasteiger charge is 2.20. The third-order valence-electron chi connectivity index (χ3n) is 3.46. The molecule has 1 unspecified atom stereocenters. The molecule has 0 aliphatic rings. The molecule has 5 heteroatoms. The SMILES string of the molecule is Cc1ccccc1N(CCC(=O)O)C(C)c1ccc(Br)s1. The van der Waals surface area contributed by atoms with Gasteiger partial charge in [0.25, 0.3) is 0 Å². The van der Waals surface area contributed by atoms with Gasteiger partial charge in [0, 0.05) is 17.1 Å². The molecule has 21 heavy (non-hydrogen) atoms. The molecule has 1 aromatic carbocycles. The van der Waals surface area contributed by atoms with Gasteiger partial charge in [0.2, 0.25) is 0 Å². The zero-order valence-electron chi connectivity index (χ0n) is 12.0. The summed E-state index contributed by atoms with van der Waals surface area (Å²) < 4.78 is 1.09. The van der Waals surface area contributed by atoms with Crippen LogP contribution in [0.4, 0.5) is 5.69 Å². The van der Waals surface area contributed by atoms with Crippen LogP contribution in [0.25, 0.3) is 0 Å². The van der Waals surface area contributed by atoms with Gasteiger partial charge in [-0.2, -0.15) is 0 Å². The third kappa shape index (κ3) is 4.08. The minimum absolute atomic E-state index is 0.130. The molecule has 0 saturated carbocycles. The Kier molecular flexibility index (Phi) is 5.42. The van der Waals surface area contributed by atoms with Gasteiger partial charge in [0.15, 0.2) is 0 Å². The van der Waals surface area contributed by atoms with Crippen LogP contribution >= 0.6 is 27.3 Å². The van der Waals surface area contributed by atoms with E-state index in [2.05, 4.69) is 52.9 Å². The maximum Gasteiger partial charge on any atom is 0.305 e. The van der Waals surface area contributed by atoms with Crippen LogP contribution in [0.5, 0.6) is 0 Å². The van der Waals surface area contributed by atoms with Crippen LogP contribution in [0, 0.1) is 6.92 Å². The van der Waals surface area contributed by atoms with Crippen LogP contribution in [0.2, 0.25) is 0 Å². The normalized spacial score (nSPS) is 12.1. The smallest absolute Gasteiger partial charge is 0.305 e. The van der Waals surface area contributed by atoms with Crippen LogP contribution < -0.4 is 4.90 Å². The Morgan fingerprint density at radius 3 is 2.62 bits per heavy atom. The van der Waals surface area contributed by atoms with Crippen LogP contribution in [-0.2, 0) is 4.79 Å². The average Bonchev–Trinajstić information content (AvgIpc) is 2.87. The van der Waals surface area contributed by atoms with E-state index < -0.39 is 5.97 Å². The second-order valence-corrected chi connectivity index (χ2v) is 7.44. The predicted molar refractivity (Wildman–Crippen MR) is 91.2 cm³/mol. The molecule has 2 aromatic rings. The molecule has 1 heterocycles. The van der Waals surface area contributed by atoms with Crippen LogP contribution in [0.15, 0.2) is 40.2 Å². The van der Waals surface area contributed by atoms with Gasteiger partial charge < -0.3 is 10.0 Å². The van der Waals surface area contributed by atoms with Gasteiger partial charge in [-0.15, -0.1) is 11.3 Å². The number of thiophene rings is 1. The lowest BCUT2D eigenvalue weighted by Gasteiger charge is -2.31. The van der Waals surface area contributed by atoms with Crippen molar-refractivity contribution in [1.82, 2.24) is 0 Å². The molecule has 3 nitrogen and oxygen atoms in total. The topological polar surface area (TPSA) is 40.5 Å². The first-order valence-corrected chi connectivity index (χ1v) is 8.39. The van der Waals surface area contributed by atoms with Crippen LogP contribution in [0.3, 0.4) is 0 Å². The Bertz CT molecular complexity index is 626. The quantitative estimate of drug-likeness (QED) is 0.792. The van der Waals surface area contributed by atoms with Crippen molar-refractivity contribution in [1.29, 1.82) is 0 Å². The molecule has 0 amide bonds. The summed E-state index contributed by atoms with van der Waals surface area (Å²) in [6.07, 6.45) is 0.130. The number of benzene rings is 1. The molecule has 0 aliphatic carbocycles. The minimum Gasteiger partial charge on any atom is -0.481 e. The molecule has 0 bridgehead atoms. The number of carbonyl (C=O) groups is 1. The molecule has 0 saturated heterocycles. The van der Waals surface area contributed by atoms with Crippen molar-refractivity contribution in [2.75, 3.05) is 11.4 Å². The Hall–Kier alpha value is -1.33. The molecule has 0 spiro atoms. The highest BCUT2D eigenvalue weighted by Crippen LogP contribution is 2.34. The van der Waals surface area contributed by atoms with Crippen molar-refractivity contribution in [2.24, 2.45) is 0 Å². The summed E-state index contributed by atoms with van der Waals surface area (Å²) in [5, 5.41) is 9.00. The first-order chi connectivity index (χ1) is 9.99. The summed E-state index contributed by atoms with van der Waals surface area (Å²) in [7, 11) is 0. The molecule has 1 N–H and O–H groups in total. The third-order valence-corrected chi connectivity index (χ3v) is 5.26. The summed E-state index contributed by atoms with van der Waals surface area (Å²) in [4.78, 5) is 14.3. The van der Waals surface area contributed by atoms with Gasteiger partial charge in [0.05, 0.1) is 16.2 Å². The van der Waals surface area contributed by atoms with Gasteiger partial charge in [-0.05, 0) is 53.5 Å². The van der Waals surface area contributed by atoms with E-state index in [1.165, 1.54) is 4.88 Å². The lowest BCUT2D eigenvalue weighted by molar-refractivity contribution is -0.136. The lowest BCUT2D eigenvalue weighted by Crippen LogP contribution is -2.29. The first kappa shape index (κ1) is 16.0. The number of para-hydroxylation sites is 1. The van der Waals surface area contributed by atoms with E-state index in [0.29, 0.717) is 6.54 Å². The Morgan fingerprint density at radius 2 is 2.05 bits per heavy atom. The molecule has 112 valence electrons. The van der Waals surface area contributed by atoms with Crippen molar-refractivity contribution in [3.63, 3.8) is 0 Å². The van der Waals surface area contributed by atoms with Gasteiger partial charge in [-0.1, -0.05) is 18.2 Å². The number of carboxylic acids is 1. The summed E-state index contributed by atoms with van der Waals surface area (Å²) >= 11 is 5.17. The van der Waals surface area contributed by atoms with E-state index in [-0.39, 0.29) is 12.5 Å². The zero-order chi connectivity index (χ0) is 15.4. The highest BCUT2D eigenvalue weighted by molar-refractivity contribution is 9.11. The van der Waals surface area contributed by atoms with E-state index in [1.54, 1.807) is 11.3 Å². The van der Waals surface area contributed by atoms with E-state index >= 15 is 0 Å².